The maximum atomic E-state index is 5.24. The Morgan fingerprint density at radius 1 is 1.23 bits per heavy atom. The smallest absolute Gasteiger partial charge is 0.409 e. The Labute approximate surface area is 136 Å². The molecule has 0 aliphatic carbocycles. The predicted octanol–water partition coefficient (Wildman–Crippen LogP) is 2.68. The zero-order valence-corrected chi connectivity index (χ0v) is 14.0. The van der Waals surface area contributed by atoms with Crippen molar-refractivity contribution in [2.75, 3.05) is 7.11 Å². The van der Waals surface area contributed by atoms with E-state index in [9.17, 15) is 0 Å². The summed E-state index contributed by atoms with van der Waals surface area (Å²) in [6.07, 6.45) is -0.108. The van der Waals surface area contributed by atoms with Crippen molar-refractivity contribution in [2.24, 2.45) is 10.1 Å². The van der Waals surface area contributed by atoms with Gasteiger partial charge in [-0.25, -0.2) is 0 Å². The van der Waals surface area contributed by atoms with Crippen molar-refractivity contribution in [3.63, 3.8) is 0 Å². The van der Waals surface area contributed by atoms with Crippen molar-refractivity contribution in [3.8, 4) is 5.75 Å². The Balaban J connectivity index is 1.85. The van der Waals surface area contributed by atoms with Gasteiger partial charge in [-0.3, -0.25) is 0 Å². The Hall–Kier alpha value is -1.93. The monoisotopic (exact) mass is 332 g/mol. The molecule has 22 heavy (non-hydrogen) atoms. The number of thioether (sulfide) groups is 1. The van der Waals surface area contributed by atoms with Gasteiger partial charge in [-0.15, -0.1) is 0 Å². The topological polar surface area (TPSA) is 54.0 Å². The fraction of sp³-hybridized carbons (Fsp3) is 0.286. The third-order valence-electron chi connectivity index (χ3n) is 3.44. The van der Waals surface area contributed by atoms with Gasteiger partial charge in [0.15, 0.2) is 0 Å². The molecule has 3 heterocycles. The van der Waals surface area contributed by atoms with Crippen molar-refractivity contribution in [2.45, 2.75) is 20.0 Å². The number of nitrogens with zero attached hydrogens (tertiary/aromatic N) is 5. The second-order valence-corrected chi connectivity index (χ2v) is 7.28. The van der Waals surface area contributed by atoms with Crippen LogP contribution in [0.4, 0.5) is 5.13 Å². The van der Waals surface area contributed by atoms with Crippen LogP contribution in [0.3, 0.4) is 0 Å². The summed E-state index contributed by atoms with van der Waals surface area (Å²) in [6, 6.07) is 8.01. The molecule has 6 nitrogen and oxygen atoms in total. The van der Waals surface area contributed by atoms with Gasteiger partial charge in [-0.1, -0.05) is 9.78 Å². The molecule has 112 valence electrons. The maximum absolute atomic E-state index is 5.24. The molecule has 2 aromatic rings. The van der Waals surface area contributed by atoms with Crippen molar-refractivity contribution in [1.82, 2.24) is 10.1 Å². The van der Waals surface area contributed by atoms with Crippen LogP contribution >= 0.6 is 23.1 Å². The van der Waals surface area contributed by atoms with Gasteiger partial charge in [0.1, 0.15) is 15.8 Å². The number of methoxy groups -OCH3 is 1. The lowest BCUT2D eigenvalue weighted by Gasteiger charge is -2.22. The summed E-state index contributed by atoms with van der Waals surface area (Å²) in [6.45, 7) is 3.99. The Kier molecular flexibility index (Phi) is 3.16. The zero-order chi connectivity index (χ0) is 15.3. The van der Waals surface area contributed by atoms with Crippen LogP contribution in [-0.4, -0.2) is 27.4 Å². The van der Waals surface area contributed by atoms with Crippen LogP contribution in [0.5, 0.6) is 5.75 Å². The third kappa shape index (κ3) is 2.10. The minimum Gasteiger partial charge on any atom is -0.497 e. The highest BCUT2D eigenvalue weighted by atomic mass is 32.2. The minimum absolute atomic E-state index is 0.108. The van der Waals surface area contributed by atoms with Crippen LogP contribution in [0.25, 0.3) is 0 Å². The summed E-state index contributed by atoms with van der Waals surface area (Å²) >= 11 is 3.19. The van der Waals surface area contributed by atoms with Gasteiger partial charge in [0, 0.05) is 10.6 Å². The molecule has 0 spiro atoms. The number of rotatable bonds is 2. The van der Waals surface area contributed by atoms with Crippen LogP contribution in [0, 0.1) is 6.92 Å². The van der Waals surface area contributed by atoms with Crippen LogP contribution < -0.4 is 9.42 Å². The van der Waals surface area contributed by atoms with Gasteiger partial charge in [-0.2, -0.15) is 10.1 Å². The number of aryl methyl sites for hydroxylation is 1. The van der Waals surface area contributed by atoms with Crippen molar-refractivity contribution in [1.29, 1.82) is 0 Å². The Bertz CT molecular complexity index is 796. The first-order chi connectivity index (χ1) is 10.7. The molecule has 1 atom stereocenters. The molecule has 0 fully saturated rings. The molecule has 8 heteroatoms. The second-order valence-electron chi connectivity index (χ2n) is 4.96. The average molecular weight is 332 g/mol. The molecule has 1 unspecified atom stereocenters. The fourth-order valence-corrected chi connectivity index (χ4v) is 4.07. The van der Waals surface area contributed by atoms with Gasteiger partial charge >= 0.3 is 10.3 Å². The van der Waals surface area contributed by atoms with E-state index in [0.29, 0.717) is 0 Å². The molecule has 0 N–H and O–H groups in total. The molecule has 2 aliphatic rings. The van der Waals surface area contributed by atoms with E-state index in [1.165, 1.54) is 0 Å². The molecule has 2 aliphatic heterocycles. The van der Waals surface area contributed by atoms with E-state index in [1.807, 2.05) is 47.8 Å². The molecule has 0 bridgehead atoms. The molecule has 0 amide bonds. The van der Waals surface area contributed by atoms with Gasteiger partial charge in [0.25, 0.3) is 0 Å². The van der Waals surface area contributed by atoms with Gasteiger partial charge in [-0.05, 0) is 61.2 Å². The lowest BCUT2D eigenvalue weighted by atomic mass is 10.1. The van der Waals surface area contributed by atoms with E-state index in [2.05, 4.69) is 15.2 Å². The molecule has 4 rings (SSSR count). The number of hydrogen-bond donors (Lipinski definition) is 0. The van der Waals surface area contributed by atoms with Gasteiger partial charge < -0.3 is 4.74 Å². The Morgan fingerprint density at radius 3 is 2.73 bits per heavy atom. The standard InChI is InChI=1S/C14H14N5OS2/c1-8-16-18-12(10-4-6-11(20-3)7-5-10)19-14(15-13(18)21-8)22-9(2)17-19/h4-7,12H,1-3H3/q+1. The number of amidine groups is 1. The zero-order valence-electron chi connectivity index (χ0n) is 12.3. The first-order valence-electron chi connectivity index (χ1n) is 6.80. The quantitative estimate of drug-likeness (QED) is 0.794. The van der Waals surface area contributed by atoms with Crippen molar-refractivity contribution >= 4 is 38.4 Å². The van der Waals surface area contributed by atoms with Crippen LogP contribution in [-0.2, 0) is 0 Å². The van der Waals surface area contributed by atoms with Crippen molar-refractivity contribution < 1.29 is 9.42 Å². The summed E-state index contributed by atoms with van der Waals surface area (Å²) in [7, 11) is 1.67. The maximum Gasteiger partial charge on any atom is 0.409 e. The molecule has 1 aromatic heterocycles. The van der Waals surface area contributed by atoms with E-state index >= 15 is 0 Å². The fourth-order valence-electron chi connectivity index (χ4n) is 2.50. The highest BCUT2D eigenvalue weighted by Gasteiger charge is 2.44. The summed E-state index contributed by atoms with van der Waals surface area (Å²) in [5.41, 5.74) is 1.10. The van der Waals surface area contributed by atoms with E-state index in [-0.39, 0.29) is 6.17 Å². The normalized spacial score (nSPS) is 19.4. The summed E-state index contributed by atoms with van der Waals surface area (Å²) in [5, 5.41) is 15.0. The van der Waals surface area contributed by atoms with Gasteiger partial charge in [0.05, 0.1) is 7.11 Å². The van der Waals surface area contributed by atoms with Crippen LogP contribution in [0.1, 0.15) is 23.7 Å². The Morgan fingerprint density at radius 2 is 2.00 bits per heavy atom. The van der Waals surface area contributed by atoms with Crippen LogP contribution in [0.15, 0.2) is 34.4 Å². The van der Waals surface area contributed by atoms with E-state index in [1.54, 1.807) is 30.2 Å². The lowest BCUT2D eigenvalue weighted by Crippen LogP contribution is -2.52. The van der Waals surface area contributed by atoms with Gasteiger partial charge in [0.2, 0.25) is 6.17 Å². The predicted molar refractivity (Wildman–Crippen MR) is 87.8 cm³/mol. The molecule has 1 aromatic carbocycles. The molecule has 0 radical (unpaired) electrons. The molecule has 0 saturated heterocycles. The van der Waals surface area contributed by atoms with E-state index in [4.69, 9.17) is 4.74 Å². The highest BCUT2D eigenvalue weighted by molar-refractivity contribution is 8.26. The number of aliphatic imine (C=N–C) groups is 1. The number of aromatic nitrogens is 2. The molecular weight excluding hydrogens is 318 g/mol. The molecule has 0 saturated carbocycles. The van der Waals surface area contributed by atoms with Crippen LogP contribution in [0.2, 0.25) is 0 Å². The first-order valence-corrected chi connectivity index (χ1v) is 8.43. The summed E-state index contributed by atoms with van der Waals surface area (Å²) in [5.74, 6) is 0.837. The minimum atomic E-state index is -0.108. The first kappa shape index (κ1) is 13.7. The largest absolute Gasteiger partial charge is 0.497 e. The number of fused-ring (bicyclic) bond motifs is 2. The van der Waals surface area contributed by atoms with Crippen molar-refractivity contribution in [3.05, 3.63) is 34.8 Å². The van der Waals surface area contributed by atoms with E-state index in [0.717, 1.165) is 31.7 Å². The highest BCUT2D eigenvalue weighted by Crippen LogP contribution is 2.36. The second kappa shape index (κ2) is 5.06. The summed E-state index contributed by atoms with van der Waals surface area (Å²) in [4.78, 5) is 4.67. The number of ether oxygens (including phenoxy) is 1. The summed E-state index contributed by atoms with van der Waals surface area (Å²) < 4.78 is 7.18. The molecular formula is C14H14N5OS2+. The third-order valence-corrected chi connectivity index (χ3v) is 5.11. The van der Waals surface area contributed by atoms with E-state index < -0.39 is 0 Å². The number of hydrogen-bond acceptors (Lipinski definition) is 7. The SMILES string of the molecule is COc1ccc(C2N3N=C(C)SC3=Nc3sc(C)n[n+]32)cc1. The number of hydrazone groups is 1. The number of benzene rings is 1. The lowest BCUT2D eigenvalue weighted by molar-refractivity contribution is -0.770. The average Bonchev–Trinajstić information content (AvgIpc) is 3.05.